The van der Waals surface area contributed by atoms with Crippen LogP contribution in [0, 0.1) is 6.92 Å². The Labute approximate surface area is 201 Å². The van der Waals surface area contributed by atoms with Gasteiger partial charge in [0, 0.05) is 23.5 Å². The lowest BCUT2D eigenvalue weighted by Gasteiger charge is -2.25. The smallest absolute Gasteiger partial charge is 0.332 e. The maximum atomic E-state index is 12.8. The van der Waals surface area contributed by atoms with Gasteiger partial charge in [0.1, 0.15) is 5.65 Å². The third-order valence-electron chi connectivity index (χ3n) is 5.31. The summed E-state index contributed by atoms with van der Waals surface area (Å²) >= 11 is 0. The Morgan fingerprint density at radius 3 is 2.59 bits per heavy atom. The fourth-order valence-corrected chi connectivity index (χ4v) is 3.82. The second-order valence-electron chi connectivity index (χ2n) is 7.59. The topological polar surface area (TPSA) is 95.7 Å². The first-order valence-corrected chi connectivity index (χ1v) is 12.0. The van der Waals surface area contributed by atoms with Crippen LogP contribution in [0.4, 0.5) is 0 Å². The summed E-state index contributed by atoms with van der Waals surface area (Å²) in [6.45, 7) is 11.9. The van der Waals surface area contributed by atoms with Crippen molar-refractivity contribution in [2.45, 2.75) is 66.5 Å². The number of nitrogens with zero attached hydrogens (tertiary/aromatic N) is 2. The predicted molar refractivity (Wildman–Crippen MR) is 139 cm³/mol. The minimum absolute atomic E-state index is 0.132. The van der Waals surface area contributed by atoms with Gasteiger partial charge < -0.3 is 15.7 Å². The van der Waals surface area contributed by atoms with Crippen LogP contribution in [0.25, 0.3) is 11.2 Å². The van der Waals surface area contributed by atoms with Gasteiger partial charge >= 0.3 is 5.97 Å². The molecule has 2 aromatic heterocycles. The van der Waals surface area contributed by atoms with E-state index >= 15 is 0 Å². The third-order valence-corrected chi connectivity index (χ3v) is 5.31. The molecule has 182 valence electrons. The van der Waals surface area contributed by atoms with Gasteiger partial charge in [0.15, 0.2) is 6.04 Å². The number of dihydropyridines is 1. The molecule has 0 spiro atoms. The molecule has 2 unspecified atom stereocenters. The number of carbonyl (C=O) groups is 1. The molecule has 1 aliphatic carbocycles. The highest BCUT2D eigenvalue weighted by Gasteiger charge is 2.25. The van der Waals surface area contributed by atoms with Gasteiger partial charge in [-0.3, -0.25) is 9.20 Å². The van der Waals surface area contributed by atoms with Crippen molar-refractivity contribution in [1.29, 1.82) is 0 Å². The van der Waals surface area contributed by atoms with Crippen LogP contribution >= 0.6 is 0 Å². The molecule has 2 atom stereocenters. The zero-order chi connectivity index (χ0) is 25.3. The third kappa shape index (κ3) is 6.04. The van der Waals surface area contributed by atoms with Crippen LogP contribution in [0.15, 0.2) is 65.4 Å². The number of fused-ring (bicyclic) bond motifs is 1. The summed E-state index contributed by atoms with van der Waals surface area (Å²) < 4.78 is 1.56. The summed E-state index contributed by atoms with van der Waals surface area (Å²) in [5.74, 6) is -0.965. The quantitative estimate of drug-likeness (QED) is 0.583. The second-order valence-corrected chi connectivity index (χ2v) is 7.59. The molecule has 3 N–H and O–H groups in total. The van der Waals surface area contributed by atoms with Gasteiger partial charge in [-0.1, -0.05) is 45.9 Å². The summed E-state index contributed by atoms with van der Waals surface area (Å²) in [5, 5.41) is 15.6. The molecule has 0 saturated heterocycles. The largest absolute Gasteiger partial charge is 0.479 e. The van der Waals surface area contributed by atoms with Gasteiger partial charge in [0.25, 0.3) is 5.56 Å². The van der Waals surface area contributed by atoms with E-state index in [9.17, 15) is 14.7 Å². The molecule has 0 aromatic carbocycles. The van der Waals surface area contributed by atoms with Crippen LogP contribution in [0.2, 0.25) is 0 Å². The number of aromatic nitrogens is 2. The Morgan fingerprint density at radius 2 is 1.94 bits per heavy atom. The van der Waals surface area contributed by atoms with E-state index in [4.69, 9.17) is 4.98 Å². The number of pyridine rings is 1. The molecular weight excluding hydrogens is 428 g/mol. The minimum Gasteiger partial charge on any atom is -0.479 e. The maximum absolute atomic E-state index is 12.8. The first kappa shape index (κ1) is 26.6. The number of nitrogens with one attached hydrogen (secondary N) is 2. The number of allylic oxidation sites excluding steroid dienone is 6. The van der Waals surface area contributed by atoms with E-state index in [0.717, 1.165) is 29.5 Å². The molecule has 7 heteroatoms. The van der Waals surface area contributed by atoms with Crippen molar-refractivity contribution < 1.29 is 9.90 Å². The van der Waals surface area contributed by atoms with E-state index in [-0.39, 0.29) is 11.6 Å². The first-order chi connectivity index (χ1) is 16.4. The zero-order valence-electron chi connectivity index (χ0n) is 20.9. The molecule has 0 fully saturated rings. The minimum atomic E-state index is -0.965. The van der Waals surface area contributed by atoms with E-state index in [1.165, 1.54) is 0 Å². The van der Waals surface area contributed by atoms with Crippen LogP contribution in [0.3, 0.4) is 0 Å². The van der Waals surface area contributed by atoms with Crippen molar-refractivity contribution in [3.63, 3.8) is 0 Å². The number of carboxylic acids is 1. The lowest BCUT2D eigenvalue weighted by Crippen LogP contribution is -2.42. The normalized spacial score (nSPS) is 17.2. The van der Waals surface area contributed by atoms with Gasteiger partial charge in [-0.05, 0) is 62.2 Å². The van der Waals surface area contributed by atoms with E-state index in [2.05, 4.69) is 16.7 Å². The van der Waals surface area contributed by atoms with Crippen molar-refractivity contribution in [3.05, 3.63) is 87.8 Å². The molecule has 0 saturated carbocycles. The van der Waals surface area contributed by atoms with Crippen LogP contribution in [-0.4, -0.2) is 26.5 Å². The van der Waals surface area contributed by atoms with E-state index in [1.807, 2.05) is 59.8 Å². The van der Waals surface area contributed by atoms with Gasteiger partial charge in [-0.25, -0.2) is 9.78 Å². The SMILES string of the molecule is CC.CC.Cc1cc(C(C)NC2=CC=CNC2C(=O)O)c2nc(C3=CC=CCC3)cc(=O)n2c1. The fraction of sp³-hybridized carbons (Fsp3) is 0.370. The van der Waals surface area contributed by atoms with Crippen molar-refractivity contribution >= 4 is 17.2 Å². The molecular formula is C27H36N4O3. The first-order valence-electron chi connectivity index (χ1n) is 12.0. The number of rotatable bonds is 5. The molecule has 0 amide bonds. The Bertz CT molecular complexity index is 1190. The Hall–Kier alpha value is -3.61. The maximum Gasteiger partial charge on any atom is 0.332 e. The Morgan fingerprint density at radius 1 is 1.21 bits per heavy atom. The standard InChI is InChI=1S/C23H24N4O3.2C2H6/c1-14-11-17(15(2)25-18-9-6-10-24-21(18)23(29)30)22-26-19(12-20(28)27(22)13-14)16-7-4-3-5-8-16;2*1-2/h3-4,6-7,9-13,15,21,24-25H,5,8H2,1-2H3,(H,29,30);2*1-2H3. The zero-order valence-corrected chi connectivity index (χ0v) is 20.9. The summed E-state index contributed by atoms with van der Waals surface area (Å²) in [7, 11) is 0. The molecule has 1 aliphatic heterocycles. The summed E-state index contributed by atoms with van der Waals surface area (Å²) in [6.07, 6.45) is 14.7. The molecule has 34 heavy (non-hydrogen) atoms. The van der Waals surface area contributed by atoms with E-state index in [1.54, 1.807) is 35.0 Å². The predicted octanol–water partition coefficient (Wildman–Crippen LogP) is 4.89. The lowest BCUT2D eigenvalue weighted by molar-refractivity contribution is -0.138. The van der Waals surface area contributed by atoms with Gasteiger partial charge in [0.2, 0.25) is 0 Å². The Balaban J connectivity index is 0.000000970. The summed E-state index contributed by atoms with van der Waals surface area (Å²) in [4.78, 5) is 29.2. The number of hydrogen-bond donors (Lipinski definition) is 3. The van der Waals surface area contributed by atoms with Crippen molar-refractivity contribution in [2.24, 2.45) is 0 Å². The molecule has 0 bridgehead atoms. The van der Waals surface area contributed by atoms with Gasteiger partial charge in [-0.15, -0.1) is 0 Å². The number of carboxylic acid groups (broad SMARTS) is 1. The molecule has 4 rings (SSSR count). The lowest BCUT2D eigenvalue weighted by atomic mass is 10.0. The van der Waals surface area contributed by atoms with Crippen LogP contribution in [0.5, 0.6) is 0 Å². The monoisotopic (exact) mass is 464 g/mol. The van der Waals surface area contributed by atoms with E-state index in [0.29, 0.717) is 17.0 Å². The highest BCUT2D eigenvalue weighted by molar-refractivity contribution is 5.78. The molecule has 7 nitrogen and oxygen atoms in total. The second kappa shape index (κ2) is 12.6. The van der Waals surface area contributed by atoms with Crippen molar-refractivity contribution in [1.82, 2.24) is 20.0 Å². The van der Waals surface area contributed by atoms with E-state index < -0.39 is 12.0 Å². The summed E-state index contributed by atoms with van der Waals surface area (Å²) in [6, 6.07) is 2.46. The average molecular weight is 465 g/mol. The Kier molecular flexibility index (Phi) is 9.86. The summed E-state index contributed by atoms with van der Waals surface area (Å²) in [5.41, 5.74) is 4.48. The molecule has 2 aliphatic rings. The molecule has 0 radical (unpaired) electrons. The van der Waals surface area contributed by atoms with Crippen LogP contribution in [0.1, 0.15) is 70.3 Å². The van der Waals surface area contributed by atoms with Gasteiger partial charge in [-0.2, -0.15) is 0 Å². The van der Waals surface area contributed by atoms with Crippen molar-refractivity contribution in [3.8, 4) is 0 Å². The van der Waals surface area contributed by atoms with Crippen LogP contribution in [-0.2, 0) is 4.79 Å². The number of aliphatic carboxylic acids is 1. The molecule has 3 heterocycles. The highest BCUT2D eigenvalue weighted by Crippen LogP contribution is 2.25. The molecule has 2 aromatic rings. The average Bonchev–Trinajstić information content (AvgIpc) is 2.87. The van der Waals surface area contributed by atoms with Crippen molar-refractivity contribution in [2.75, 3.05) is 0 Å². The van der Waals surface area contributed by atoms with Crippen LogP contribution < -0.4 is 16.2 Å². The number of aryl methyl sites for hydroxylation is 1. The number of hydrogen-bond acceptors (Lipinski definition) is 5. The highest BCUT2D eigenvalue weighted by atomic mass is 16.4. The van der Waals surface area contributed by atoms with Gasteiger partial charge in [0.05, 0.1) is 11.7 Å². The fourth-order valence-electron chi connectivity index (χ4n) is 3.82.